The second kappa shape index (κ2) is 6.88. The van der Waals surface area contributed by atoms with E-state index in [1.54, 1.807) is 17.1 Å². The summed E-state index contributed by atoms with van der Waals surface area (Å²) in [5, 5.41) is 29.1. The number of rotatable bonds is 4. The van der Waals surface area contributed by atoms with Gasteiger partial charge in [-0.25, -0.2) is 4.68 Å². The van der Waals surface area contributed by atoms with Crippen LogP contribution in [0.4, 0.5) is 5.82 Å². The van der Waals surface area contributed by atoms with Gasteiger partial charge in [0.25, 0.3) is 0 Å². The molecule has 2 aliphatic rings. The Morgan fingerprint density at radius 2 is 1.93 bits per heavy atom. The van der Waals surface area contributed by atoms with Crippen LogP contribution in [-0.2, 0) is 0 Å². The van der Waals surface area contributed by atoms with Crippen molar-refractivity contribution >= 4 is 16.7 Å². The van der Waals surface area contributed by atoms with Gasteiger partial charge < -0.3 is 10.2 Å². The third-order valence-corrected chi connectivity index (χ3v) is 6.55. The van der Waals surface area contributed by atoms with E-state index >= 15 is 0 Å². The van der Waals surface area contributed by atoms with Gasteiger partial charge in [0.05, 0.1) is 35.5 Å². The van der Waals surface area contributed by atoms with Crippen LogP contribution in [0.2, 0.25) is 0 Å². The second-order valence-corrected chi connectivity index (χ2v) is 8.29. The molecule has 2 bridgehead atoms. The molecule has 3 aromatic heterocycles. The molecule has 5 heterocycles. The average Bonchev–Trinajstić information content (AvgIpc) is 3.54. The summed E-state index contributed by atoms with van der Waals surface area (Å²) in [4.78, 5) is 2.29. The predicted octanol–water partition coefficient (Wildman–Crippen LogP) is 2.32. The maximum Gasteiger partial charge on any atom is 0.151 e. The molecule has 0 spiro atoms. The van der Waals surface area contributed by atoms with Gasteiger partial charge in [-0.3, -0.25) is 5.10 Å². The van der Waals surface area contributed by atoms with E-state index in [1.165, 1.54) is 25.7 Å². The zero-order chi connectivity index (χ0) is 20.1. The summed E-state index contributed by atoms with van der Waals surface area (Å²) in [6.07, 6.45) is 10.2. The van der Waals surface area contributed by atoms with Crippen molar-refractivity contribution in [2.45, 2.75) is 43.8 Å². The van der Waals surface area contributed by atoms with Gasteiger partial charge in [0.15, 0.2) is 5.82 Å². The lowest BCUT2D eigenvalue weighted by molar-refractivity contribution is 0.353. The molecular formula is C21H23N9. The fourth-order valence-electron chi connectivity index (χ4n) is 4.96. The van der Waals surface area contributed by atoms with Crippen molar-refractivity contribution in [2.24, 2.45) is 0 Å². The topological polar surface area (TPSA) is 100 Å². The van der Waals surface area contributed by atoms with E-state index in [0.717, 1.165) is 33.7 Å². The van der Waals surface area contributed by atoms with Gasteiger partial charge in [-0.15, -0.1) is 15.3 Å². The zero-order valence-corrected chi connectivity index (χ0v) is 16.7. The normalized spacial score (nSPS) is 23.2. The summed E-state index contributed by atoms with van der Waals surface area (Å²) in [5.74, 6) is 0.921. The van der Waals surface area contributed by atoms with Crippen molar-refractivity contribution in [1.29, 1.82) is 0 Å². The Balaban J connectivity index is 1.30. The molecule has 2 aliphatic heterocycles. The van der Waals surface area contributed by atoms with Crippen molar-refractivity contribution in [3.8, 4) is 16.9 Å². The quantitative estimate of drug-likeness (QED) is 0.541. The number of nitrogens with zero attached hydrogens (tertiary/aromatic N) is 7. The molecule has 30 heavy (non-hydrogen) atoms. The lowest BCUT2D eigenvalue weighted by atomic mass is 9.98. The number of aromatic nitrogens is 7. The van der Waals surface area contributed by atoms with Gasteiger partial charge in [0.2, 0.25) is 0 Å². The fourth-order valence-corrected chi connectivity index (χ4v) is 4.96. The minimum Gasteiger partial charge on any atom is -0.355 e. The molecule has 2 saturated heterocycles. The molecule has 2 fully saturated rings. The molecule has 0 radical (unpaired) electrons. The molecule has 0 saturated carbocycles. The monoisotopic (exact) mass is 401 g/mol. The molecule has 0 amide bonds. The number of benzene rings is 1. The highest BCUT2D eigenvalue weighted by molar-refractivity contribution is 5.97. The van der Waals surface area contributed by atoms with Crippen molar-refractivity contribution in [2.75, 3.05) is 11.9 Å². The summed E-state index contributed by atoms with van der Waals surface area (Å²) in [5.41, 5.74) is 3.61. The number of piperidine rings is 1. The van der Waals surface area contributed by atoms with Crippen molar-refractivity contribution < 1.29 is 0 Å². The summed E-state index contributed by atoms with van der Waals surface area (Å²) in [6.45, 7) is 0. The number of anilines is 1. The van der Waals surface area contributed by atoms with Crippen LogP contribution in [0.15, 0.2) is 42.9 Å². The fraction of sp³-hybridized carbons (Fsp3) is 0.381. The van der Waals surface area contributed by atoms with Crippen LogP contribution in [0.5, 0.6) is 0 Å². The highest BCUT2D eigenvalue weighted by Gasteiger charge is 2.35. The Kier molecular flexibility index (Phi) is 4.02. The van der Waals surface area contributed by atoms with Crippen LogP contribution in [0.25, 0.3) is 27.8 Å². The summed E-state index contributed by atoms with van der Waals surface area (Å²) in [7, 11) is 2.14. The van der Waals surface area contributed by atoms with E-state index in [9.17, 15) is 0 Å². The van der Waals surface area contributed by atoms with Crippen LogP contribution < -0.4 is 10.2 Å². The standard InChI is InChI=1S/C21H23N9/c1-29(15-10-13-2-3-14(11-15)24-13)20-7-5-18(25-26-20)16-4-6-19(30-9-8-22-28-30)17-12-23-27-21(16)17/h4-9,12-15,24H,2-3,10-11H2,1H3,(H,23,27)/t13-,14+,15+. The van der Waals surface area contributed by atoms with Gasteiger partial charge in [-0.2, -0.15) is 5.10 Å². The number of hydrogen-bond acceptors (Lipinski definition) is 7. The third kappa shape index (κ3) is 2.85. The number of nitrogens with one attached hydrogen (secondary N) is 2. The first-order valence-electron chi connectivity index (χ1n) is 10.4. The minimum atomic E-state index is 0.519. The molecule has 3 atom stereocenters. The highest BCUT2D eigenvalue weighted by atomic mass is 15.4. The Morgan fingerprint density at radius 1 is 1.07 bits per heavy atom. The van der Waals surface area contributed by atoms with E-state index in [0.29, 0.717) is 18.1 Å². The molecule has 0 aliphatic carbocycles. The van der Waals surface area contributed by atoms with E-state index in [-0.39, 0.29) is 0 Å². The molecule has 9 heteroatoms. The smallest absolute Gasteiger partial charge is 0.151 e. The molecule has 2 N–H and O–H groups in total. The number of fused-ring (bicyclic) bond motifs is 3. The van der Waals surface area contributed by atoms with Crippen molar-refractivity contribution in [1.82, 2.24) is 40.7 Å². The average molecular weight is 401 g/mol. The number of H-pyrrole nitrogens is 1. The van der Waals surface area contributed by atoms with Gasteiger partial charge in [-0.05, 0) is 49.9 Å². The molecule has 152 valence electrons. The van der Waals surface area contributed by atoms with Gasteiger partial charge in [0.1, 0.15) is 0 Å². The Bertz CT molecular complexity index is 1150. The predicted molar refractivity (Wildman–Crippen MR) is 113 cm³/mol. The minimum absolute atomic E-state index is 0.519. The molecule has 1 aromatic carbocycles. The number of hydrogen-bond donors (Lipinski definition) is 2. The van der Waals surface area contributed by atoms with Gasteiger partial charge >= 0.3 is 0 Å². The largest absolute Gasteiger partial charge is 0.355 e. The zero-order valence-electron chi connectivity index (χ0n) is 16.7. The van der Waals surface area contributed by atoms with E-state index in [2.05, 4.69) is 54.0 Å². The van der Waals surface area contributed by atoms with Crippen LogP contribution in [0.1, 0.15) is 25.7 Å². The van der Waals surface area contributed by atoms with E-state index in [4.69, 9.17) is 0 Å². The Hall–Kier alpha value is -3.33. The third-order valence-electron chi connectivity index (χ3n) is 6.55. The molecule has 0 unspecified atom stereocenters. The summed E-state index contributed by atoms with van der Waals surface area (Å²) < 4.78 is 1.73. The van der Waals surface area contributed by atoms with Gasteiger partial charge in [-0.1, -0.05) is 5.21 Å². The van der Waals surface area contributed by atoms with Crippen molar-refractivity contribution in [3.63, 3.8) is 0 Å². The maximum atomic E-state index is 4.56. The SMILES string of the molecule is CN(c1ccc(-c2ccc(-n3ccnn3)c3cn[nH]c23)nn1)[C@H]1C[C@H]2CC[C@@H](C1)N2. The molecule has 9 nitrogen and oxygen atoms in total. The van der Waals surface area contributed by atoms with E-state index < -0.39 is 0 Å². The second-order valence-electron chi connectivity index (χ2n) is 8.29. The highest BCUT2D eigenvalue weighted by Crippen LogP contribution is 2.32. The van der Waals surface area contributed by atoms with Crippen LogP contribution in [0, 0.1) is 0 Å². The van der Waals surface area contributed by atoms with Crippen molar-refractivity contribution in [3.05, 3.63) is 42.9 Å². The Labute approximate surface area is 173 Å². The first-order valence-corrected chi connectivity index (χ1v) is 10.4. The first kappa shape index (κ1) is 17.5. The van der Waals surface area contributed by atoms with Crippen LogP contribution in [-0.4, -0.2) is 60.6 Å². The molecule has 4 aromatic rings. The van der Waals surface area contributed by atoms with Crippen LogP contribution in [0.3, 0.4) is 0 Å². The summed E-state index contributed by atoms with van der Waals surface area (Å²) in [6, 6.07) is 9.97. The van der Waals surface area contributed by atoms with Crippen LogP contribution >= 0.6 is 0 Å². The molecule has 6 rings (SSSR count). The maximum absolute atomic E-state index is 4.56. The van der Waals surface area contributed by atoms with E-state index in [1.807, 2.05) is 24.4 Å². The lowest BCUT2D eigenvalue weighted by Crippen LogP contribution is -2.47. The Morgan fingerprint density at radius 3 is 2.67 bits per heavy atom. The first-order chi connectivity index (χ1) is 14.8. The number of aromatic amines is 1. The summed E-state index contributed by atoms with van der Waals surface area (Å²) >= 11 is 0. The van der Waals surface area contributed by atoms with Gasteiger partial charge in [0, 0.05) is 36.1 Å². The molecular weight excluding hydrogens is 378 g/mol. The lowest BCUT2D eigenvalue weighted by Gasteiger charge is -2.36.